The Morgan fingerprint density at radius 1 is 0.298 bits per heavy atom. The second-order valence-corrected chi connectivity index (χ2v) is 18.4. The predicted molar refractivity (Wildman–Crippen MR) is 196 cm³/mol. The van der Waals surface area contributed by atoms with Crippen molar-refractivity contribution in [2.45, 2.75) is 223 Å². The summed E-state index contributed by atoms with van der Waals surface area (Å²) in [5.41, 5.74) is 0. The molecule has 0 aromatic heterocycles. The van der Waals surface area contributed by atoms with E-state index in [1.807, 2.05) is 0 Å². The number of rotatable bonds is 17. The van der Waals surface area contributed by atoms with Gasteiger partial charge < -0.3 is 0 Å². The Kier molecular flexibility index (Phi) is 19.2. The normalized spacial score (nSPS) is 30.1. The van der Waals surface area contributed by atoms with Gasteiger partial charge in [0.1, 0.15) is 0 Å². The van der Waals surface area contributed by atoms with Crippen molar-refractivity contribution in [1.29, 1.82) is 0 Å². The van der Waals surface area contributed by atoms with Gasteiger partial charge in [-0.2, -0.15) is 61.5 Å². The molecule has 4 fully saturated rings. The first kappa shape index (κ1) is 50.4. The molecular formula is C43H68F14. The Bertz CT molecular complexity index is 1100. The fraction of sp³-hybridized carbons (Fsp3) is 1.00. The van der Waals surface area contributed by atoms with Crippen molar-refractivity contribution in [3.63, 3.8) is 0 Å². The topological polar surface area (TPSA) is 0 Å². The molecule has 0 amide bonds. The summed E-state index contributed by atoms with van der Waals surface area (Å²) >= 11 is 0. The molecule has 57 heavy (non-hydrogen) atoms. The number of halogens is 14. The van der Waals surface area contributed by atoms with Gasteiger partial charge in [-0.25, -0.2) is 0 Å². The molecule has 0 aromatic carbocycles. The lowest BCUT2D eigenvalue weighted by molar-refractivity contribution is -0.367. The molecule has 4 rings (SSSR count). The maximum Gasteiger partial charge on any atom is 0.459 e. The lowest BCUT2D eigenvalue weighted by Gasteiger charge is -2.38. The minimum absolute atomic E-state index is 0.170. The molecule has 0 bridgehead atoms. The van der Waals surface area contributed by atoms with Crippen molar-refractivity contribution in [2.75, 3.05) is 0 Å². The van der Waals surface area contributed by atoms with E-state index in [9.17, 15) is 61.5 Å². The predicted octanol–water partition coefficient (Wildman–Crippen LogP) is 17.2. The fourth-order valence-corrected chi connectivity index (χ4v) is 10.3. The highest BCUT2D eigenvalue weighted by Gasteiger charge is 2.76. The van der Waals surface area contributed by atoms with Gasteiger partial charge in [0.2, 0.25) is 0 Å². The van der Waals surface area contributed by atoms with E-state index in [2.05, 4.69) is 13.8 Å². The van der Waals surface area contributed by atoms with Crippen molar-refractivity contribution in [1.82, 2.24) is 0 Å². The van der Waals surface area contributed by atoms with Crippen LogP contribution < -0.4 is 0 Å². The quantitative estimate of drug-likeness (QED) is 0.101. The summed E-state index contributed by atoms with van der Waals surface area (Å²) in [6.45, 7) is 4.40. The van der Waals surface area contributed by atoms with Gasteiger partial charge in [-0.3, -0.25) is 0 Å². The van der Waals surface area contributed by atoms with E-state index < -0.39 is 47.9 Å². The highest BCUT2D eigenvalue weighted by atomic mass is 19.4. The van der Waals surface area contributed by atoms with Crippen molar-refractivity contribution >= 4 is 0 Å². The second kappa shape index (κ2) is 21.7. The fourth-order valence-electron chi connectivity index (χ4n) is 10.3. The Hall–Kier alpha value is -0.980. The summed E-state index contributed by atoms with van der Waals surface area (Å²) in [5.74, 6) is -22.5. The third-order valence-corrected chi connectivity index (χ3v) is 14.3. The van der Waals surface area contributed by atoms with E-state index in [0.29, 0.717) is 37.5 Å². The van der Waals surface area contributed by atoms with Crippen LogP contribution in [0.2, 0.25) is 0 Å². The molecule has 0 unspecified atom stereocenters. The molecule has 0 N–H and O–H groups in total. The summed E-state index contributed by atoms with van der Waals surface area (Å²) in [7, 11) is 0. The monoisotopic (exact) mass is 851 g/mol. The second-order valence-electron chi connectivity index (χ2n) is 18.4. The largest absolute Gasteiger partial charge is 0.459 e. The molecular weight excluding hydrogens is 782 g/mol. The van der Waals surface area contributed by atoms with Crippen molar-refractivity contribution in [2.24, 2.45) is 47.3 Å². The lowest BCUT2D eigenvalue weighted by Crippen LogP contribution is -2.56. The highest BCUT2D eigenvalue weighted by molar-refractivity contribution is 4.98. The van der Waals surface area contributed by atoms with Gasteiger partial charge in [0.05, 0.1) is 0 Å². The van der Waals surface area contributed by atoms with Crippen LogP contribution in [0.4, 0.5) is 61.5 Å². The minimum atomic E-state index is -6.22. The van der Waals surface area contributed by atoms with E-state index in [-0.39, 0.29) is 37.5 Å². The molecule has 338 valence electrons. The van der Waals surface area contributed by atoms with E-state index >= 15 is 0 Å². The third-order valence-electron chi connectivity index (χ3n) is 14.3. The molecule has 4 aliphatic carbocycles. The summed E-state index contributed by atoms with van der Waals surface area (Å²) in [4.78, 5) is 0. The highest BCUT2D eigenvalue weighted by Crippen LogP contribution is 2.55. The first-order valence-electron chi connectivity index (χ1n) is 22.1. The van der Waals surface area contributed by atoms with E-state index in [1.165, 1.54) is 96.3 Å². The van der Waals surface area contributed by atoms with Gasteiger partial charge >= 0.3 is 36.0 Å². The number of hydrogen-bond donors (Lipinski definition) is 0. The number of unbranched alkanes of at least 4 members (excludes halogenated alkanes) is 3. The molecule has 14 heteroatoms. The van der Waals surface area contributed by atoms with Gasteiger partial charge in [0.15, 0.2) is 0 Å². The van der Waals surface area contributed by atoms with Crippen LogP contribution >= 0.6 is 0 Å². The van der Waals surface area contributed by atoms with Crippen LogP contribution in [-0.4, -0.2) is 36.0 Å². The molecule has 0 heterocycles. The average Bonchev–Trinajstić information content (AvgIpc) is 3.16. The average molecular weight is 851 g/mol. The molecule has 0 nitrogen and oxygen atoms in total. The van der Waals surface area contributed by atoms with Crippen LogP contribution in [0, 0.1) is 47.3 Å². The molecule has 4 aliphatic rings. The maximum atomic E-state index is 13.9. The van der Waals surface area contributed by atoms with Crippen molar-refractivity contribution in [3.8, 4) is 0 Å². The van der Waals surface area contributed by atoms with Crippen LogP contribution in [0.25, 0.3) is 0 Å². The van der Waals surface area contributed by atoms with E-state index in [0.717, 1.165) is 37.5 Å². The maximum absolute atomic E-state index is 13.9. The molecule has 0 aromatic rings. The number of hydrogen-bond acceptors (Lipinski definition) is 0. The van der Waals surface area contributed by atoms with Gasteiger partial charge in [-0.1, -0.05) is 136 Å². The Morgan fingerprint density at radius 2 is 0.526 bits per heavy atom. The van der Waals surface area contributed by atoms with Crippen LogP contribution in [0.3, 0.4) is 0 Å². The zero-order chi connectivity index (χ0) is 42.7. The Balaban J connectivity index is 0.000000306. The van der Waals surface area contributed by atoms with Crippen LogP contribution in [0.15, 0.2) is 0 Å². The third kappa shape index (κ3) is 13.8. The Labute approximate surface area is 331 Å². The number of alkyl halides is 14. The zero-order valence-corrected chi connectivity index (χ0v) is 34.0. The first-order valence-corrected chi connectivity index (χ1v) is 22.1. The summed E-state index contributed by atoms with van der Waals surface area (Å²) in [6.07, 6.45) is 10.3. The molecule has 0 radical (unpaired) electrons. The van der Waals surface area contributed by atoms with Crippen LogP contribution in [-0.2, 0) is 0 Å². The molecule has 4 saturated carbocycles. The summed E-state index contributed by atoms with van der Waals surface area (Å²) in [6, 6.07) is 0. The molecule has 0 spiro atoms. The molecule has 0 atom stereocenters. The standard InChI is InChI=1S/C22H35F7.C21H33F7/c1-2-3-4-5-16-6-8-17(9-7-16)10-11-18-12-14-19(15-13-18)20(23,24)21(25,26)22(27,28)29;1-2-3-4-15-5-7-16(8-6-15)9-10-17-11-13-18(14-12-17)19(22,23)20(24,25)21(26,27)28/h16-19H,2-15H2,1H3;15-18H,2-14H2,1H3/t;15-,16-,17-,18-. The van der Waals surface area contributed by atoms with E-state index in [4.69, 9.17) is 0 Å². The van der Waals surface area contributed by atoms with E-state index in [1.54, 1.807) is 0 Å². The zero-order valence-electron chi connectivity index (χ0n) is 34.0. The van der Waals surface area contributed by atoms with Gasteiger partial charge in [-0.15, -0.1) is 0 Å². The first-order chi connectivity index (χ1) is 26.5. The van der Waals surface area contributed by atoms with Gasteiger partial charge in [0.25, 0.3) is 0 Å². The van der Waals surface area contributed by atoms with Crippen LogP contribution in [0.5, 0.6) is 0 Å². The summed E-state index contributed by atoms with van der Waals surface area (Å²) in [5, 5.41) is 0. The van der Waals surface area contributed by atoms with Crippen LogP contribution in [0.1, 0.15) is 187 Å². The van der Waals surface area contributed by atoms with Crippen molar-refractivity contribution < 1.29 is 61.5 Å². The SMILES string of the molecule is CCCCCC1CCC(CCC2CCC(C(F)(F)C(F)(F)C(F)(F)F)CC2)CC1.CCCC[C@H]1CC[C@H](CC[C@H]2CC[C@H](C(F)(F)C(F)(F)C(F)(F)F)CC2)CC1. The smallest absolute Gasteiger partial charge is 0.199 e. The molecule has 0 saturated heterocycles. The van der Waals surface area contributed by atoms with Crippen molar-refractivity contribution in [3.05, 3.63) is 0 Å². The van der Waals surface area contributed by atoms with Gasteiger partial charge in [-0.05, 0) is 86.9 Å². The Morgan fingerprint density at radius 3 is 0.772 bits per heavy atom. The minimum Gasteiger partial charge on any atom is -0.199 e. The summed E-state index contributed by atoms with van der Waals surface area (Å²) < 4.78 is 182. The van der Waals surface area contributed by atoms with Gasteiger partial charge in [0, 0.05) is 11.8 Å². The molecule has 0 aliphatic heterocycles. The lowest BCUT2D eigenvalue weighted by atomic mass is 9.73.